The van der Waals surface area contributed by atoms with Crippen LogP contribution in [0.5, 0.6) is 0 Å². The van der Waals surface area contributed by atoms with E-state index < -0.39 is 5.82 Å². The molecule has 1 heterocycles. The maximum absolute atomic E-state index is 13.4. The lowest BCUT2D eigenvalue weighted by Gasteiger charge is -2.04. The van der Waals surface area contributed by atoms with Gasteiger partial charge in [-0.3, -0.25) is 5.43 Å². The van der Waals surface area contributed by atoms with E-state index in [1.165, 1.54) is 12.1 Å². The van der Waals surface area contributed by atoms with Crippen molar-refractivity contribution in [3.63, 3.8) is 0 Å². The van der Waals surface area contributed by atoms with E-state index in [1.54, 1.807) is 12.1 Å². The number of halogens is 2. The minimum absolute atomic E-state index is 0.0820. The summed E-state index contributed by atoms with van der Waals surface area (Å²) in [4.78, 5) is 7.99. The Balaban J connectivity index is 2.29. The average Bonchev–Trinajstić information content (AvgIpc) is 2.32. The number of rotatable bonds is 3. The van der Waals surface area contributed by atoms with Crippen molar-refractivity contribution in [3.05, 3.63) is 42.1 Å². The molecule has 1 aromatic carbocycles. The molecule has 0 saturated carbocycles. The van der Waals surface area contributed by atoms with Gasteiger partial charge in [0.2, 0.25) is 5.95 Å². The third-order valence-corrected chi connectivity index (χ3v) is 2.82. The molecule has 3 N–H and O–H groups in total. The van der Waals surface area contributed by atoms with Gasteiger partial charge in [-0.15, -0.1) is 0 Å². The highest BCUT2D eigenvalue weighted by Crippen LogP contribution is 2.28. The van der Waals surface area contributed by atoms with Crippen LogP contribution in [0.1, 0.15) is 0 Å². The van der Waals surface area contributed by atoms with Gasteiger partial charge in [0.05, 0.1) is 6.20 Å². The molecular formula is C10H8F2N4S. The molecule has 17 heavy (non-hydrogen) atoms. The molecule has 4 nitrogen and oxygen atoms in total. The maximum Gasteiger partial charge on any atom is 0.238 e. The van der Waals surface area contributed by atoms with E-state index in [-0.39, 0.29) is 16.8 Å². The van der Waals surface area contributed by atoms with E-state index in [9.17, 15) is 8.78 Å². The normalized spacial score (nSPS) is 10.3. The number of hydrazine groups is 1. The second-order valence-electron chi connectivity index (χ2n) is 3.05. The number of hydrogen-bond donors (Lipinski definition) is 2. The molecule has 0 amide bonds. The number of anilines is 1. The number of benzene rings is 1. The molecule has 1 aromatic heterocycles. The Labute approximate surface area is 100 Å². The second kappa shape index (κ2) is 5.07. The summed E-state index contributed by atoms with van der Waals surface area (Å²) in [5.41, 5.74) is 2.22. The summed E-state index contributed by atoms with van der Waals surface area (Å²) < 4.78 is 26.3. The lowest BCUT2D eigenvalue weighted by atomic mass is 10.4. The van der Waals surface area contributed by atoms with Crippen LogP contribution in [0, 0.1) is 11.6 Å². The third kappa shape index (κ3) is 2.89. The number of aromatic nitrogens is 2. The highest BCUT2D eigenvalue weighted by molar-refractivity contribution is 7.99. The fourth-order valence-corrected chi connectivity index (χ4v) is 1.96. The van der Waals surface area contributed by atoms with Crippen LogP contribution in [0.4, 0.5) is 14.7 Å². The van der Waals surface area contributed by atoms with Gasteiger partial charge in [0.15, 0.2) is 5.82 Å². The fourth-order valence-electron chi connectivity index (χ4n) is 1.13. The minimum atomic E-state index is -0.585. The van der Waals surface area contributed by atoms with Crippen molar-refractivity contribution in [2.45, 2.75) is 9.92 Å². The lowest BCUT2D eigenvalue weighted by Crippen LogP contribution is -2.11. The van der Waals surface area contributed by atoms with Crippen molar-refractivity contribution in [1.29, 1.82) is 0 Å². The van der Waals surface area contributed by atoms with Crippen molar-refractivity contribution in [2.24, 2.45) is 5.84 Å². The summed E-state index contributed by atoms with van der Waals surface area (Å²) in [5.74, 6) is 4.25. The maximum atomic E-state index is 13.4. The van der Waals surface area contributed by atoms with E-state index in [1.807, 2.05) is 0 Å². The van der Waals surface area contributed by atoms with E-state index in [4.69, 9.17) is 5.84 Å². The van der Waals surface area contributed by atoms with Gasteiger partial charge in [0.25, 0.3) is 0 Å². The van der Waals surface area contributed by atoms with Crippen molar-refractivity contribution in [1.82, 2.24) is 9.97 Å². The van der Waals surface area contributed by atoms with E-state index in [0.717, 1.165) is 18.0 Å². The number of nitrogen functional groups attached to an aromatic ring is 1. The Morgan fingerprint density at radius 1 is 1.29 bits per heavy atom. The van der Waals surface area contributed by atoms with Gasteiger partial charge >= 0.3 is 0 Å². The average molecular weight is 254 g/mol. The molecule has 0 bridgehead atoms. The smallest absolute Gasteiger partial charge is 0.238 e. The zero-order valence-corrected chi connectivity index (χ0v) is 9.34. The Hall–Kier alpha value is -1.73. The highest BCUT2D eigenvalue weighted by Gasteiger charge is 2.08. The largest absolute Gasteiger partial charge is 0.292 e. The standard InChI is InChI=1S/C10H8F2N4S/c11-6-2-1-3-7(4-6)17-9-8(12)5-14-10(15-9)16-13/h1-5H,13H2,(H,14,15,16). The van der Waals surface area contributed by atoms with Gasteiger partial charge in [-0.25, -0.2) is 24.6 Å². The fraction of sp³-hybridized carbons (Fsp3) is 0. The summed E-state index contributed by atoms with van der Waals surface area (Å²) >= 11 is 0.996. The summed E-state index contributed by atoms with van der Waals surface area (Å²) in [5, 5.41) is 0.0820. The number of nitrogens with zero attached hydrogens (tertiary/aromatic N) is 2. The molecule has 0 fully saturated rings. The van der Waals surface area contributed by atoms with Gasteiger partial charge in [0, 0.05) is 4.90 Å². The van der Waals surface area contributed by atoms with Gasteiger partial charge < -0.3 is 0 Å². The molecule has 88 valence electrons. The first-order chi connectivity index (χ1) is 8.19. The van der Waals surface area contributed by atoms with Crippen LogP contribution in [0.15, 0.2) is 40.4 Å². The van der Waals surface area contributed by atoms with Gasteiger partial charge in [0.1, 0.15) is 10.8 Å². The van der Waals surface area contributed by atoms with Crippen LogP contribution < -0.4 is 11.3 Å². The van der Waals surface area contributed by atoms with Gasteiger partial charge in [-0.1, -0.05) is 17.8 Å². The predicted molar refractivity (Wildman–Crippen MR) is 60.3 cm³/mol. The first-order valence-electron chi connectivity index (χ1n) is 4.61. The quantitative estimate of drug-likeness (QED) is 0.499. The molecule has 0 aliphatic rings. The van der Waals surface area contributed by atoms with Crippen LogP contribution in [-0.2, 0) is 0 Å². The topological polar surface area (TPSA) is 63.8 Å². The monoisotopic (exact) mass is 254 g/mol. The number of nitrogens with two attached hydrogens (primary N) is 1. The first-order valence-corrected chi connectivity index (χ1v) is 5.43. The molecule has 2 rings (SSSR count). The van der Waals surface area contributed by atoms with Crippen molar-refractivity contribution in [3.8, 4) is 0 Å². The Morgan fingerprint density at radius 3 is 2.82 bits per heavy atom. The SMILES string of the molecule is NNc1ncc(F)c(Sc2cccc(F)c2)n1. The highest BCUT2D eigenvalue weighted by atomic mass is 32.2. The molecule has 0 aliphatic heterocycles. The van der Waals surface area contributed by atoms with E-state index >= 15 is 0 Å². The van der Waals surface area contributed by atoms with Crippen LogP contribution in [0.2, 0.25) is 0 Å². The first kappa shape index (κ1) is 11.7. The van der Waals surface area contributed by atoms with Crippen LogP contribution in [0.3, 0.4) is 0 Å². The van der Waals surface area contributed by atoms with Crippen LogP contribution in [-0.4, -0.2) is 9.97 Å². The molecular weight excluding hydrogens is 246 g/mol. The molecule has 0 saturated heterocycles. The summed E-state index contributed by atoms with van der Waals surface area (Å²) in [7, 11) is 0. The zero-order chi connectivity index (χ0) is 12.3. The number of nitrogens with one attached hydrogen (secondary N) is 1. The molecule has 0 spiro atoms. The van der Waals surface area contributed by atoms with Crippen molar-refractivity contribution in [2.75, 3.05) is 5.43 Å². The van der Waals surface area contributed by atoms with Crippen LogP contribution >= 0.6 is 11.8 Å². The Kier molecular flexibility index (Phi) is 3.50. The summed E-state index contributed by atoms with van der Waals surface area (Å²) in [6.45, 7) is 0. The molecule has 0 atom stereocenters. The summed E-state index contributed by atoms with van der Waals surface area (Å²) in [6.07, 6.45) is 1.00. The molecule has 0 aliphatic carbocycles. The molecule has 0 unspecified atom stereocenters. The number of hydrogen-bond acceptors (Lipinski definition) is 5. The van der Waals surface area contributed by atoms with Gasteiger partial charge in [-0.2, -0.15) is 0 Å². The Morgan fingerprint density at radius 2 is 2.12 bits per heavy atom. The minimum Gasteiger partial charge on any atom is -0.292 e. The van der Waals surface area contributed by atoms with Gasteiger partial charge in [-0.05, 0) is 18.2 Å². The molecule has 7 heteroatoms. The van der Waals surface area contributed by atoms with Crippen molar-refractivity contribution < 1.29 is 8.78 Å². The predicted octanol–water partition coefficient (Wildman–Crippen LogP) is 2.19. The molecule has 2 aromatic rings. The Bertz CT molecular complexity index is 535. The second-order valence-corrected chi connectivity index (χ2v) is 4.11. The summed E-state index contributed by atoms with van der Waals surface area (Å²) in [6, 6.07) is 5.80. The van der Waals surface area contributed by atoms with E-state index in [2.05, 4.69) is 15.4 Å². The van der Waals surface area contributed by atoms with E-state index in [0.29, 0.717) is 4.90 Å². The molecule has 0 radical (unpaired) electrons. The van der Waals surface area contributed by atoms with Crippen molar-refractivity contribution >= 4 is 17.7 Å². The zero-order valence-electron chi connectivity index (χ0n) is 8.52. The third-order valence-electron chi connectivity index (χ3n) is 1.85. The lowest BCUT2D eigenvalue weighted by molar-refractivity contribution is 0.579. The van der Waals surface area contributed by atoms with Crippen LogP contribution in [0.25, 0.3) is 0 Å².